The molecule has 7 nitrogen and oxygen atoms in total. The molecule has 0 unspecified atom stereocenters. The minimum atomic E-state index is -3.82. The molecule has 2 fully saturated rings. The van der Waals surface area contributed by atoms with Crippen LogP contribution in [-0.2, 0) is 14.8 Å². The lowest BCUT2D eigenvalue weighted by Gasteiger charge is -2.35. The van der Waals surface area contributed by atoms with Gasteiger partial charge in [0.05, 0.1) is 13.2 Å². The molecular formula is C17H25FN4O3S2. The van der Waals surface area contributed by atoms with Gasteiger partial charge in [-0.3, -0.25) is 4.90 Å². The number of ether oxygens (including phenoxy) is 1. The first kappa shape index (κ1) is 20.4. The summed E-state index contributed by atoms with van der Waals surface area (Å²) in [5.74, 6) is -0.722. The molecule has 0 spiro atoms. The van der Waals surface area contributed by atoms with Gasteiger partial charge in [-0.1, -0.05) is 12.1 Å². The Bertz CT molecular complexity index is 748. The molecular weight excluding hydrogens is 391 g/mol. The van der Waals surface area contributed by atoms with E-state index in [-0.39, 0.29) is 18.0 Å². The van der Waals surface area contributed by atoms with Crippen molar-refractivity contribution in [2.75, 3.05) is 65.6 Å². The molecule has 27 heavy (non-hydrogen) atoms. The molecule has 0 aromatic heterocycles. The van der Waals surface area contributed by atoms with Gasteiger partial charge in [0.1, 0.15) is 10.7 Å². The lowest BCUT2D eigenvalue weighted by molar-refractivity contribution is 0.0388. The molecule has 0 atom stereocenters. The van der Waals surface area contributed by atoms with Gasteiger partial charge >= 0.3 is 0 Å². The number of halogens is 1. The van der Waals surface area contributed by atoms with Crippen LogP contribution in [0.25, 0.3) is 0 Å². The number of sulfonamides is 1. The van der Waals surface area contributed by atoms with Crippen LogP contribution in [0.3, 0.4) is 0 Å². The summed E-state index contributed by atoms with van der Waals surface area (Å²) in [6, 6.07) is 5.47. The number of rotatable bonds is 5. The summed E-state index contributed by atoms with van der Waals surface area (Å²) in [4.78, 5) is 4.00. The van der Waals surface area contributed by atoms with Gasteiger partial charge in [0.15, 0.2) is 5.11 Å². The van der Waals surface area contributed by atoms with E-state index in [1.165, 1.54) is 22.5 Å². The average Bonchev–Trinajstić information content (AvgIpc) is 2.69. The number of piperazine rings is 1. The van der Waals surface area contributed by atoms with E-state index in [0.717, 1.165) is 45.5 Å². The summed E-state index contributed by atoms with van der Waals surface area (Å²) in [5.41, 5.74) is 0. The van der Waals surface area contributed by atoms with Gasteiger partial charge < -0.3 is 15.0 Å². The molecule has 0 aliphatic carbocycles. The second-order valence-corrected chi connectivity index (χ2v) is 8.80. The van der Waals surface area contributed by atoms with E-state index in [4.69, 9.17) is 17.0 Å². The normalized spacial score (nSPS) is 19.8. The predicted octanol–water partition coefficient (Wildman–Crippen LogP) is 0.339. The number of benzene rings is 1. The fourth-order valence-electron chi connectivity index (χ4n) is 3.18. The van der Waals surface area contributed by atoms with Crippen LogP contribution < -0.4 is 5.32 Å². The zero-order valence-electron chi connectivity index (χ0n) is 15.1. The maximum atomic E-state index is 13.9. The quantitative estimate of drug-likeness (QED) is 0.695. The molecule has 10 heteroatoms. The van der Waals surface area contributed by atoms with E-state index in [9.17, 15) is 12.8 Å². The maximum Gasteiger partial charge on any atom is 0.246 e. The zero-order valence-corrected chi connectivity index (χ0v) is 16.8. The van der Waals surface area contributed by atoms with Gasteiger partial charge in [-0.2, -0.15) is 4.31 Å². The van der Waals surface area contributed by atoms with Crippen molar-refractivity contribution in [3.05, 3.63) is 30.1 Å². The summed E-state index contributed by atoms with van der Waals surface area (Å²) in [6.07, 6.45) is 0. The van der Waals surface area contributed by atoms with E-state index >= 15 is 0 Å². The Hall–Kier alpha value is -1.33. The molecule has 0 saturated carbocycles. The van der Waals surface area contributed by atoms with Crippen molar-refractivity contribution in [1.29, 1.82) is 0 Å². The van der Waals surface area contributed by atoms with Crippen LogP contribution in [0, 0.1) is 5.82 Å². The van der Waals surface area contributed by atoms with Crippen molar-refractivity contribution in [3.63, 3.8) is 0 Å². The highest BCUT2D eigenvalue weighted by molar-refractivity contribution is 7.89. The lowest BCUT2D eigenvalue weighted by atomic mass is 10.3. The topological polar surface area (TPSA) is 65.1 Å². The van der Waals surface area contributed by atoms with Crippen molar-refractivity contribution in [2.45, 2.75) is 4.90 Å². The summed E-state index contributed by atoms with van der Waals surface area (Å²) in [6.45, 7) is 6.56. The highest BCUT2D eigenvalue weighted by Gasteiger charge is 2.31. The number of hydrogen-bond donors (Lipinski definition) is 1. The van der Waals surface area contributed by atoms with Crippen LogP contribution >= 0.6 is 12.2 Å². The van der Waals surface area contributed by atoms with Crippen LogP contribution in [0.5, 0.6) is 0 Å². The second kappa shape index (κ2) is 9.24. The molecule has 150 valence electrons. The molecule has 2 aliphatic rings. The van der Waals surface area contributed by atoms with Gasteiger partial charge in [-0.25, -0.2) is 12.8 Å². The van der Waals surface area contributed by atoms with E-state index in [2.05, 4.69) is 10.2 Å². The highest BCUT2D eigenvalue weighted by Crippen LogP contribution is 2.20. The van der Waals surface area contributed by atoms with Crippen molar-refractivity contribution < 1.29 is 17.5 Å². The molecule has 1 aromatic carbocycles. The van der Waals surface area contributed by atoms with Gasteiger partial charge in [0.2, 0.25) is 10.0 Å². The fourth-order valence-corrected chi connectivity index (χ4v) is 4.95. The second-order valence-electron chi connectivity index (χ2n) is 6.51. The molecule has 0 radical (unpaired) electrons. The summed E-state index contributed by atoms with van der Waals surface area (Å²) in [7, 11) is -3.82. The summed E-state index contributed by atoms with van der Waals surface area (Å²) >= 11 is 5.43. The Morgan fingerprint density at radius 3 is 2.44 bits per heavy atom. The monoisotopic (exact) mass is 416 g/mol. The van der Waals surface area contributed by atoms with Crippen molar-refractivity contribution in [3.8, 4) is 0 Å². The average molecular weight is 417 g/mol. The molecule has 2 saturated heterocycles. The molecule has 1 N–H and O–H groups in total. The van der Waals surface area contributed by atoms with Crippen LogP contribution in [0.15, 0.2) is 29.2 Å². The van der Waals surface area contributed by atoms with Crippen molar-refractivity contribution in [1.82, 2.24) is 19.4 Å². The summed E-state index contributed by atoms with van der Waals surface area (Å²) < 4.78 is 45.8. The number of thiocarbonyl (C=S) groups is 1. The SMILES string of the molecule is O=S(=O)(c1ccccc1F)N1CCN(C(=S)NCCN2CCOCC2)CC1. The van der Waals surface area contributed by atoms with Crippen LogP contribution in [0.1, 0.15) is 0 Å². The smallest absolute Gasteiger partial charge is 0.246 e. The molecule has 1 aromatic rings. The van der Waals surface area contributed by atoms with E-state index in [1.54, 1.807) is 0 Å². The standard InChI is InChI=1S/C17H25FN4O3S2/c18-15-3-1-2-4-16(15)27(23,24)22-9-7-21(8-10-22)17(26)19-5-6-20-11-13-25-14-12-20/h1-4H,5-14H2,(H,19,26). The Labute approximate surface area is 165 Å². The van der Waals surface area contributed by atoms with Crippen LogP contribution in [0.4, 0.5) is 4.39 Å². The van der Waals surface area contributed by atoms with Crippen molar-refractivity contribution >= 4 is 27.4 Å². The zero-order chi connectivity index (χ0) is 19.3. The number of hydrogen-bond acceptors (Lipinski definition) is 5. The lowest BCUT2D eigenvalue weighted by Crippen LogP contribution is -2.53. The van der Waals surface area contributed by atoms with Crippen molar-refractivity contribution in [2.24, 2.45) is 0 Å². The van der Waals surface area contributed by atoms with Gasteiger partial charge in [0.25, 0.3) is 0 Å². The molecule has 0 bridgehead atoms. The largest absolute Gasteiger partial charge is 0.379 e. The minimum Gasteiger partial charge on any atom is -0.379 e. The Kier molecular flexibility index (Phi) is 6.99. The minimum absolute atomic E-state index is 0.273. The van der Waals surface area contributed by atoms with Gasteiger partial charge in [0, 0.05) is 52.4 Å². The van der Waals surface area contributed by atoms with Crippen LogP contribution in [-0.4, -0.2) is 93.2 Å². The number of nitrogens with zero attached hydrogens (tertiary/aromatic N) is 3. The van der Waals surface area contributed by atoms with E-state index in [0.29, 0.717) is 18.2 Å². The fraction of sp³-hybridized carbons (Fsp3) is 0.588. The first-order valence-electron chi connectivity index (χ1n) is 9.06. The number of nitrogens with one attached hydrogen (secondary N) is 1. The Balaban J connectivity index is 1.46. The third kappa shape index (κ3) is 5.14. The van der Waals surface area contributed by atoms with E-state index < -0.39 is 15.8 Å². The molecule has 0 amide bonds. The predicted molar refractivity (Wildman–Crippen MR) is 105 cm³/mol. The first-order chi connectivity index (χ1) is 13.0. The first-order valence-corrected chi connectivity index (χ1v) is 10.9. The Morgan fingerprint density at radius 2 is 1.78 bits per heavy atom. The third-order valence-electron chi connectivity index (χ3n) is 4.79. The van der Waals surface area contributed by atoms with Crippen LogP contribution in [0.2, 0.25) is 0 Å². The van der Waals surface area contributed by atoms with E-state index in [1.807, 2.05) is 4.90 Å². The maximum absolute atomic E-state index is 13.9. The van der Waals surface area contributed by atoms with Gasteiger partial charge in [-0.15, -0.1) is 0 Å². The molecule has 2 heterocycles. The highest BCUT2D eigenvalue weighted by atomic mass is 32.2. The summed E-state index contributed by atoms with van der Waals surface area (Å²) in [5, 5.41) is 3.87. The van der Waals surface area contributed by atoms with Gasteiger partial charge in [-0.05, 0) is 24.4 Å². The number of morpholine rings is 1. The molecule has 2 aliphatic heterocycles. The third-order valence-corrected chi connectivity index (χ3v) is 7.12. The molecule has 3 rings (SSSR count). The Morgan fingerprint density at radius 1 is 1.11 bits per heavy atom.